The first-order valence-electron chi connectivity index (χ1n) is 5.51. The third-order valence-electron chi connectivity index (χ3n) is 2.42. The van der Waals surface area contributed by atoms with Gasteiger partial charge in [-0.1, -0.05) is 0 Å². The second-order valence-corrected chi connectivity index (χ2v) is 4.83. The fraction of sp³-hybridized carbons (Fsp3) is 0.0833. The number of aromatic hydroxyl groups is 1. The van der Waals surface area contributed by atoms with Gasteiger partial charge in [-0.05, 0) is 18.2 Å². The van der Waals surface area contributed by atoms with Gasteiger partial charge in [0, 0.05) is 11.1 Å². The van der Waals surface area contributed by atoms with Gasteiger partial charge >= 0.3 is 5.97 Å². The summed E-state index contributed by atoms with van der Waals surface area (Å²) >= 11 is 1.24. The van der Waals surface area contributed by atoms with Crippen molar-refractivity contribution in [3.8, 4) is 5.75 Å². The van der Waals surface area contributed by atoms with E-state index in [1.807, 2.05) is 0 Å². The first-order valence-corrected chi connectivity index (χ1v) is 6.39. The molecule has 0 unspecified atom stereocenters. The number of aromatic nitrogens is 1. The topological polar surface area (TPSA) is 126 Å². The second-order valence-electron chi connectivity index (χ2n) is 3.94. The van der Waals surface area contributed by atoms with Crippen LogP contribution in [0.25, 0.3) is 0 Å². The van der Waals surface area contributed by atoms with Crippen LogP contribution in [0.3, 0.4) is 0 Å². The average molecular weight is 293 g/mol. The van der Waals surface area contributed by atoms with Crippen LogP contribution >= 0.6 is 11.3 Å². The van der Waals surface area contributed by atoms with Crippen LogP contribution < -0.4 is 11.1 Å². The van der Waals surface area contributed by atoms with Crippen molar-refractivity contribution in [3.05, 3.63) is 34.8 Å². The minimum absolute atomic E-state index is 0.0387. The van der Waals surface area contributed by atoms with Crippen LogP contribution in [0.2, 0.25) is 0 Å². The molecule has 20 heavy (non-hydrogen) atoms. The minimum atomic E-state index is -1.27. The number of hydrogen-bond donors (Lipinski definition) is 4. The molecule has 1 aromatic carbocycles. The van der Waals surface area contributed by atoms with Gasteiger partial charge in [0.25, 0.3) is 0 Å². The zero-order chi connectivity index (χ0) is 14.7. The summed E-state index contributed by atoms with van der Waals surface area (Å²) in [6.45, 7) is 0. The summed E-state index contributed by atoms with van der Waals surface area (Å²) in [5.74, 6) is -1.98. The highest BCUT2D eigenvalue weighted by Crippen LogP contribution is 2.21. The molecule has 2 aromatic rings. The van der Waals surface area contributed by atoms with Gasteiger partial charge in [-0.15, -0.1) is 11.3 Å². The van der Waals surface area contributed by atoms with Crippen LogP contribution in [0.5, 0.6) is 5.75 Å². The molecule has 0 spiro atoms. The lowest BCUT2D eigenvalue weighted by Crippen LogP contribution is -2.15. The number of benzene rings is 1. The fourth-order valence-electron chi connectivity index (χ4n) is 1.56. The maximum atomic E-state index is 11.8. The van der Waals surface area contributed by atoms with Crippen LogP contribution in [-0.2, 0) is 11.2 Å². The molecule has 0 aliphatic rings. The summed E-state index contributed by atoms with van der Waals surface area (Å²) in [7, 11) is 0. The third kappa shape index (κ3) is 3.23. The Balaban J connectivity index is 2.08. The number of thiazole rings is 1. The van der Waals surface area contributed by atoms with Gasteiger partial charge in [0.1, 0.15) is 11.3 Å². The lowest BCUT2D eigenvalue weighted by molar-refractivity contribution is -0.115. The van der Waals surface area contributed by atoms with Gasteiger partial charge in [-0.25, -0.2) is 9.78 Å². The maximum Gasteiger partial charge on any atom is 0.339 e. The van der Waals surface area contributed by atoms with Crippen molar-refractivity contribution >= 4 is 34.0 Å². The fourth-order valence-corrected chi connectivity index (χ4v) is 2.12. The molecule has 0 saturated carbocycles. The average Bonchev–Trinajstić information content (AvgIpc) is 2.76. The van der Waals surface area contributed by atoms with Crippen molar-refractivity contribution in [2.24, 2.45) is 0 Å². The number of aromatic carboxylic acids is 1. The lowest BCUT2D eigenvalue weighted by Gasteiger charge is -2.06. The van der Waals surface area contributed by atoms with Crippen LogP contribution in [0.4, 0.5) is 10.8 Å². The van der Waals surface area contributed by atoms with Crippen molar-refractivity contribution in [2.75, 3.05) is 11.1 Å². The molecule has 2 rings (SSSR count). The van der Waals surface area contributed by atoms with E-state index >= 15 is 0 Å². The lowest BCUT2D eigenvalue weighted by atomic mass is 10.1. The number of hydrogen-bond acceptors (Lipinski definition) is 6. The molecule has 0 fully saturated rings. The van der Waals surface area contributed by atoms with Gasteiger partial charge in [-0.3, -0.25) is 4.79 Å². The molecule has 1 amide bonds. The zero-order valence-corrected chi connectivity index (χ0v) is 11.0. The normalized spacial score (nSPS) is 10.2. The molecule has 5 N–H and O–H groups in total. The number of carboxylic acid groups (broad SMARTS) is 1. The number of amides is 1. The van der Waals surface area contributed by atoms with E-state index in [9.17, 15) is 14.7 Å². The van der Waals surface area contributed by atoms with Crippen molar-refractivity contribution in [3.63, 3.8) is 0 Å². The van der Waals surface area contributed by atoms with E-state index in [-0.39, 0.29) is 29.3 Å². The van der Waals surface area contributed by atoms with E-state index in [2.05, 4.69) is 10.3 Å². The van der Waals surface area contributed by atoms with Gasteiger partial charge in [-0.2, -0.15) is 0 Å². The molecule has 1 heterocycles. The number of phenols is 1. The Labute approximate surface area is 117 Å². The van der Waals surface area contributed by atoms with E-state index in [1.54, 1.807) is 5.38 Å². The number of carbonyl (C=O) groups is 2. The molecule has 104 valence electrons. The highest BCUT2D eigenvalue weighted by molar-refractivity contribution is 7.13. The Bertz CT molecular complexity index is 668. The third-order valence-corrected chi connectivity index (χ3v) is 3.14. The van der Waals surface area contributed by atoms with E-state index in [0.717, 1.165) is 0 Å². The number of anilines is 2. The van der Waals surface area contributed by atoms with Crippen molar-refractivity contribution in [1.82, 2.24) is 4.98 Å². The number of nitrogen functional groups attached to an aromatic ring is 1. The monoisotopic (exact) mass is 293 g/mol. The number of nitrogens with one attached hydrogen (secondary N) is 1. The summed E-state index contributed by atoms with van der Waals surface area (Å²) in [6.07, 6.45) is 0.0387. The smallest absolute Gasteiger partial charge is 0.339 e. The Hall–Kier alpha value is -2.61. The van der Waals surface area contributed by atoms with Crippen molar-refractivity contribution in [2.45, 2.75) is 6.42 Å². The van der Waals surface area contributed by atoms with E-state index in [4.69, 9.17) is 10.8 Å². The van der Waals surface area contributed by atoms with Crippen LogP contribution in [0.1, 0.15) is 16.1 Å². The van der Waals surface area contributed by atoms with Crippen LogP contribution in [0.15, 0.2) is 23.6 Å². The maximum absolute atomic E-state index is 11.8. The number of rotatable bonds is 4. The minimum Gasteiger partial charge on any atom is -0.507 e. The van der Waals surface area contributed by atoms with Crippen LogP contribution in [-0.4, -0.2) is 27.1 Å². The molecule has 0 aliphatic carbocycles. The predicted molar refractivity (Wildman–Crippen MR) is 73.9 cm³/mol. The first kappa shape index (κ1) is 13.8. The van der Waals surface area contributed by atoms with Gasteiger partial charge in [0.15, 0.2) is 5.13 Å². The Morgan fingerprint density at radius 2 is 2.15 bits per heavy atom. The number of nitrogens with two attached hydrogens (primary N) is 1. The summed E-state index contributed by atoms with van der Waals surface area (Å²) in [5, 5.41) is 22.8. The van der Waals surface area contributed by atoms with E-state index in [1.165, 1.54) is 29.5 Å². The SMILES string of the molecule is Nc1nc(CC(=O)Nc2ccc(O)c(C(=O)O)c2)cs1. The Morgan fingerprint density at radius 3 is 2.75 bits per heavy atom. The molecule has 1 aromatic heterocycles. The summed E-state index contributed by atoms with van der Waals surface area (Å²) in [6, 6.07) is 3.81. The van der Waals surface area contributed by atoms with Gasteiger partial charge < -0.3 is 21.3 Å². The number of carboxylic acids is 1. The largest absolute Gasteiger partial charge is 0.507 e. The van der Waals surface area contributed by atoms with E-state index in [0.29, 0.717) is 10.8 Å². The molecular weight excluding hydrogens is 282 g/mol. The van der Waals surface area contributed by atoms with Crippen LogP contribution in [0, 0.1) is 0 Å². The number of carbonyl (C=O) groups excluding carboxylic acids is 1. The zero-order valence-electron chi connectivity index (χ0n) is 10.2. The molecule has 8 heteroatoms. The molecular formula is C12H11N3O4S. The Kier molecular flexibility index (Phi) is 3.85. The molecule has 0 aliphatic heterocycles. The van der Waals surface area contributed by atoms with Gasteiger partial charge in [0.05, 0.1) is 12.1 Å². The second kappa shape index (κ2) is 5.57. The summed E-state index contributed by atoms with van der Waals surface area (Å²) in [5.41, 5.74) is 6.01. The standard InChI is InChI=1S/C12H11N3O4S/c13-12-15-7(5-20-12)4-10(17)14-6-1-2-9(16)8(3-6)11(18)19/h1-3,5,16H,4H2,(H2,13,15)(H,14,17)(H,18,19). The van der Waals surface area contributed by atoms with Crippen molar-refractivity contribution < 1.29 is 19.8 Å². The molecule has 0 atom stereocenters. The molecule has 7 nitrogen and oxygen atoms in total. The quantitative estimate of drug-likeness (QED) is 0.630. The molecule has 0 bridgehead atoms. The number of nitrogens with zero attached hydrogens (tertiary/aromatic N) is 1. The van der Waals surface area contributed by atoms with Crippen molar-refractivity contribution in [1.29, 1.82) is 0 Å². The van der Waals surface area contributed by atoms with E-state index < -0.39 is 5.97 Å². The highest BCUT2D eigenvalue weighted by atomic mass is 32.1. The summed E-state index contributed by atoms with van der Waals surface area (Å²) in [4.78, 5) is 26.6. The highest BCUT2D eigenvalue weighted by Gasteiger charge is 2.12. The summed E-state index contributed by atoms with van der Waals surface area (Å²) < 4.78 is 0. The van der Waals surface area contributed by atoms with Gasteiger partial charge in [0.2, 0.25) is 5.91 Å². The first-order chi connectivity index (χ1) is 9.45. The molecule has 0 radical (unpaired) electrons. The predicted octanol–water partition coefficient (Wildman–Crippen LogP) is 1.31. The Morgan fingerprint density at radius 1 is 1.40 bits per heavy atom. The molecule has 0 saturated heterocycles.